The molecule has 0 aliphatic heterocycles. The molecule has 12 heavy (non-hydrogen) atoms. The summed E-state index contributed by atoms with van der Waals surface area (Å²) in [5, 5.41) is 7.42. The van der Waals surface area contributed by atoms with Gasteiger partial charge in [0.25, 0.3) is 5.97 Å². The van der Waals surface area contributed by atoms with Crippen LogP contribution in [0.2, 0.25) is 0 Å². The molecular weight excluding hydrogens is 220 g/mol. The van der Waals surface area contributed by atoms with Crippen LogP contribution in [0.15, 0.2) is 28.7 Å². The average Bonchev–Trinajstić information content (AvgIpc) is 1.84. The van der Waals surface area contributed by atoms with E-state index >= 15 is 0 Å². The Kier molecular flexibility index (Phi) is 5.37. The number of aliphatic carboxylic acids is 1. The Bertz CT molecular complexity index is 237. The maximum atomic E-state index is 9.00. The monoisotopic (exact) mass is 230 g/mol. The summed E-state index contributed by atoms with van der Waals surface area (Å²) in [4.78, 5) is 9.00. The van der Waals surface area contributed by atoms with Gasteiger partial charge in [-0.05, 0) is 19.1 Å². The van der Waals surface area contributed by atoms with Crippen LogP contribution in [0.4, 0.5) is 0 Å². The van der Waals surface area contributed by atoms with Gasteiger partial charge in [-0.15, -0.1) is 0 Å². The molecule has 1 aromatic rings. The molecule has 0 aromatic heterocycles. The van der Waals surface area contributed by atoms with Crippen LogP contribution in [-0.2, 0) is 4.79 Å². The molecule has 0 heterocycles. The van der Waals surface area contributed by atoms with E-state index in [4.69, 9.17) is 9.90 Å². The number of rotatable bonds is 0. The molecule has 0 spiro atoms. The normalized spacial score (nSPS) is 8.25. The summed E-state index contributed by atoms with van der Waals surface area (Å²) < 4.78 is 1.15. The molecule has 0 aliphatic rings. The molecule has 0 fully saturated rings. The van der Waals surface area contributed by atoms with E-state index in [1.54, 1.807) is 0 Å². The Labute approximate surface area is 80.4 Å². The van der Waals surface area contributed by atoms with Gasteiger partial charge in [0.2, 0.25) is 0 Å². The van der Waals surface area contributed by atoms with Crippen LogP contribution >= 0.6 is 15.9 Å². The average molecular weight is 231 g/mol. The van der Waals surface area contributed by atoms with Crippen LogP contribution < -0.4 is 0 Å². The number of hydrogen-bond donors (Lipinski definition) is 1. The maximum Gasteiger partial charge on any atom is 0.300 e. The van der Waals surface area contributed by atoms with Gasteiger partial charge >= 0.3 is 0 Å². The van der Waals surface area contributed by atoms with Crippen LogP contribution in [-0.4, -0.2) is 11.1 Å². The third-order valence-corrected chi connectivity index (χ3v) is 1.47. The van der Waals surface area contributed by atoms with E-state index in [0.29, 0.717) is 0 Å². The fraction of sp³-hybridized carbons (Fsp3) is 0.222. The van der Waals surface area contributed by atoms with Crippen molar-refractivity contribution in [3.63, 3.8) is 0 Å². The van der Waals surface area contributed by atoms with Gasteiger partial charge in [-0.25, -0.2) is 0 Å². The Hall–Kier alpha value is -0.830. The molecular formula is C9H11BrO2. The Morgan fingerprint density at radius 2 is 2.00 bits per heavy atom. The van der Waals surface area contributed by atoms with Crippen LogP contribution in [0.1, 0.15) is 12.5 Å². The third-order valence-electron chi connectivity index (χ3n) is 0.980. The SMILES string of the molecule is CC(=O)O.Cc1cccc(Br)c1. The number of halogens is 1. The number of carbonyl (C=O) groups is 1. The smallest absolute Gasteiger partial charge is 0.300 e. The molecule has 0 aliphatic carbocycles. The summed E-state index contributed by atoms with van der Waals surface area (Å²) in [5.41, 5.74) is 1.29. The van der Waals surface area contributed by atoms with E-state index in [1.165, 1.54) is 5.56 Å². The fourth-order valence-electron chi connectivity index (χ4n) is 0.606. The lowest BCUT2D eigenvalue weighted by Gasteiger charge is -1.89. The van der Waals surface area contributed by atoms with Crippen LogP contribution in [0, 0.1) is 6.92 Å². The van der Waals surface area contributed by atoms with E-state index in [1.807, 2.05) is 12.1 Å². The lowest BCUT2D eigenvalue weighted by Crippen LogP contribution is -1.78. The predicted octanol–water partition coefficient (Wildman–Crippen LogP) is 2.85. The molecule has 1 N–H and O–H groups in total. The highest BCUT2D eigenvalue weighted by Gasteiger charge is 1.82. The van der Waals surface area contributed by atoms with Gasteiger partial charge in [-0.2, -0.15) is 0 Å². The Morgan fingerprint density at radius 3 is 2.25 bits per heavy atom. The molecule has 3 heteroatoms. The van der Waals surface area contributed by atoms with E-state index in [2.05, 4.69) is 35.0 Å². The number of aryl methyl sites for hydroxylation is 1. The quantitative estimate of drug-likeness (QED) is 0.745. The highest BCUT2D eigenvalue weighted by atomic mass is 79.9. The molecule has 0 saturated carbocycles. The summed E-state index contributed by atoms with van der Waals surface area (Å²) in [7, 11) is 0. The van der Waals surface area contributed by atoms with E-state index in [0.717, 1.165) is 11.4 Å². The summed E-state index contributed by atoms with van der Waals surface area (Å²) in [6.07, 6.45) is 0. The van der Waals surface area contributed by atoms with E-state index < -0.39 is 5.97 Å². The van der Waals surface area contributed by atoms with Crippen molar-refractivity contribution >= 4 is 21.9 Å². The van der Waals surface area contributed by atoms with Gasteiger partial charge in [0, 0.05) is 11.4 Å². The van der Waals surface area contributed by atoms with Gasteiger partial charge in [0.05, 0.1) is 0 Å². The molecule has 0 radical (unpaired) electrons. The first kappa shape index (κ1) is 11.2. The number of hydrogen-bond acceptors (Lipinski definition) is 1. The van der Waals surface area contributed by atoms with Crippen molar-refractivity contribution in [3.05, 3.63) is 34.3 Å². The summed E-state index contributed by atoms with van der Waals surface area (Å²) in [6, 6.07) is 8.21. The van der Waals surface area contributed by atoms with Crippen molar-refractivity contribution in [3.8, 4) is 0 Å². The number of carboxylic acid groups (broad SMARTS) is 1. The first-order valence-electron chi connectivity index (χ1n) is 3.44. The highest BCUT2D eigenvalue weighted by Crippen LogP contribution is 2.09. The second kappa shape index (κ2) is 5.77. The van der Waals surface area contributed by atoms with Crippen LogP contribution in [0.3, 0.4) is 0 Å². The number of carboxylic acids is 1. The van der Waals surface area contributed by atoms with Crippen molar-refractivity contribution < 1.29 is 9.90 Å². The molecule has 2 nitrogen and oxygen atoms in total. The lowest BCUT2D eigenvalue weighted by molar-refractivity contribution is -0.134. The van der Waals surface area contributed by atoms with Crippen LogP contribution in [0.25, 0.3) is 0 Å². The van der Waals surface area contributed by atoms with Gasteiger partial charge in [0.15, 0.2) is 0 Å². The second-order valence-corrected chi connectivity index (χ2v) is 3.23. The summed E-state index contributed by atoms with van der Waals surface area (Å²) in [6.45, 7) is 3.16. The zero-order valence-corrected chi connectivity index (χ0v) is 8.63. The van der Waals surface area contributed by atoms with Gasteiger partial charge < -0.3 is 5.11 Å². The van der Waals surface area contributed by atoms with Gasteiger partial charge in [-0.3, -0.25) is 4.79 Å². The van der Waals surface area contributed by atoms with Crippen LogP contribution in [0.5, 0.6) is 0 Å². The van der Waals surface area contributed by atoms with Crippen molar-refractivity contribution in [1.82, 2.24) is 0 Å². The van der Waals surface area contributed by atoms with Gasteiger partial charge in [0.1, 0.15) is 0 Å². The lowest BCUT2D eigenvalue weighted by atomic mass is 10.2. The molecule has 0 atom stereocenters. The summed E-state index contributed by atoms with van der Waals surface area (Å²) in [5.74, 6) is -0.833. The molecule has 0 bridgehead atoms. The minimum Gasteiger partial charge on any atom is -0.481 e. The van der Waals surface area contributed by atoms with E-state index in [9.17, 15) is 0 Å². The fourth-order valence-corrected chi connectivity index (χ4v) is 1.12. The minimum atomic E-state index is -0.833. The third kappa shape index (κ3) is 7.28. The standard InChI is InChI=1S/C7H7Br.C2H4O2/c1-6-3-2-4-7(8)5-6;1-2(3)4/h2-5H,1H3;1H3,(H,3,4). The van der Waals surface area contributed by atoms with E-state index in [-0.39, 0.29) is 0 Å². The second-order valence-electron chi connectivity index (χ2n) is 2.32. The zero-order valence-electron chi connectivity index (χ0n) is 7.04. The van der Waals surface area contributed by atoms with Gasteiger partial charge in [-0.1, -0.05) is 33.6 Å². The Morgan fingerprint density at radius 1 is 1.50 bits per heavy atom. The highest BCUT2D eigenvalue weighted by molar-refractivity contribution is 9.10. The topological polar surface area (TPSA) is 37.3 Å². The first-order chi connectivity index (χ1) is 5.52. The van der Waals surface area contributed by atoms with Crippen molar-refractivity contribution in [2.45, 2.75) is 13.8 Å². The first-order valence-corrected chi connectivity index (χ1v) is 4.23. The molecule has 0 unspecified atom stereocenters. The van der Waals surface area contributed by atoms with Crippen molar-refractivity contribution in [2.24, 2.45) is 0 Å². The molecule has 1 aromatic carbocycles. The Balaban J connectivity index is 0.000000261. The summed E-state index contributed by atoms with van der Waals surface area (Å²) >= 11 is 3.36. The maximum absolute atomic E-state index is 9.00. The van der Waals surface area contributed by atoms with Crippen molar-refractivity contribution in [1.29, 1.82) is 0 Å². The zero-order chi connectivity index (χ0) is 9.56. The van der Waals surface area contributed by atoms with Crippen molar-refractivity contribution in [2.75, 3.05) is 0 Å². The predicted molar refractivity (Wildman–Crippen MR) is 52.2 cm³/mol. The molecule has 0 amide bonds. The molecule has 66 valence electrons. The molecule has 1 rings (SSSR count). The minimum absolute atomic E-state index is 0.833. The largest absolute Gasteiger partial charge is 0.481 e. The molecule has 0 saturated heterocycles. The number of benzene rings is 1.